The van der Waals surface area contributed by atoms with E-state index < -0.39 is 6.04 Å². The molecule has 2 aromatic heterocycles. The van der Waals surface area contributed by atoms with Crippen LogP contribution in [0, 0.1) is 6.92 Å². The zero-order valence-corrected chi connectivity index (χ0v) is 14.4. The molecule has 0 spiro atoms. The molecule has 4 rings (SSSR count). The second kappa shape index (κ2) is 6.40. The SMILES string of the molecule is Cc1nnnn1-c1cccc(NC(=O)C(C)n2cnc3ccccc32)c1. The number of para-hydroxylation sites is 2. The number of amides is 1. The number of nitrogens with one attached hydrogen (secondary N) is 1. The number of fused-ring (bicyclic) bond motifs is 1. The second-order valence-electron chi connectivity index (χ2n) is 5.99. The van der Waals surface area contributed by atoms with Crippen LogP contribution in [0.25, 0.3) is 16.7 Å². The van der Waals surface area contributed by atoms with Crippen molar-refractivity contribution in [3.05, 3.63) is 60.7 Å². The topological polar surface area (TPSA) is 90.5 Å². The molecular formula is C18H17N7O. The van der Waals surface area contributed by atoms with Crippen molar-refractivity contribution >= 4 is 22.6 Å². The lowest BCUT2D eigenvalue weighted by atomic mass is 10.2. The molecule has 1 atom stereocenters. The molecule has 130 valence electrons. The van der Waals surface area contributed by atoms with E-state index in [1.807, 2.05) is 66.9 Å². The van der Waals surface area contributed by atoms with Crippen LogP contribution >= 0.6 is 0 Å². The van der Waals surface area contributed by atoms with E-state index in [2.05, 4.69) is 25.8 Å². The Morgan fingerprint density at radius 3 is 2.81 bits per heavy atom. The van der Waals surface area contributed by atoms with E-state index in [4.69, 9.17) is 0 Å². The molecule has 0 aliphatic carbocycles. The Labute approximate surface area is 149 Å². The summed E-state index contributed by atoms with van der Waals surface area (Å²) in [6.45, 7) is 3.66. The van der Waals surface area contributed by atoms with E-state index in [0.717, 1.165) is 16.7 Å². The molecule has 0 fully saturated rings. The van der Waals surface area contributed by atoms with Crippen LogP contribution in [0.1, 0.15) is 18.8 Å². The third kappa shape index (κ3) is 2.81. The Balaban J connectivity index is 1.57. The fourth-order valence-corrected chi connectivity index (χ4v) is 2.85. The number of tetrazole rings is 1. The number of anilines is 1. The zero-order chi connectivity index (χ0) is 18.1. The van der Waals surface area contributed by atoms with Crippen molar-refractivity contribution in [3.63, 3.8) is 0 Å². The van der Waals surface area contributed by atoms with Gasteiger partial charge in [0, 0.05) is 5.69 Å². The molecule has 1 N–H and O–H groups in total. The summed E-state index contributed by atoms with van der Waals surface area (Å²) >= 11 is 0. The molecule has 0 bridgehead atoms. The van der Waals surface area contributed by atoms with Crippen molar-refractivity contribution in [2.24, 2.45) is 0 Å². The maximum absolute atomic E-state index is 12.7. The minimum absolute atomic E-state index is 0.126. The highest BCUT2D eigenvalue weighted by Crippen LogP contribution is 2.20. The molecule has 8 nitrogen and oxygen atoms in total. The molecule has 0 aliphatic heterocycles. The summed E-state index contributed by atoms with van der Waals surface area (Å²) in [5.41, 5.74) is 3.25. The van der Waals surface area contributed by atoms with Gasteiger partial charge in [0.2, 0.25) is 5.91 Å². The number of imidazole rings is 1. The van der Waals surface area contributed by atoms with Gasteiger partial charge in [0.1, 0.15) is 6.04 Å². The maximum Gasteiger partial charge on any atom is 0.247 e. The van der Waals surface area contributed by atoms with Gasteiger partial charge < -0.3 is 9.88 Å². The number of carbonyl (C=O) groups is 1. The van der Waals surface area contributed by atoms with Gasteiger partial charge in [0.05, 0.1) is 23.0 Å². The summed E-state index contributed by atoms with van der Waals surface area (Å²) in [6, 6.07) is 14.7. The summed E-state index contributed by atoms with van der Waals surface area (Å²) in [7, 11) is 0. The normalized spacial score (nSPS) is 12.2. The predicted molar refractivity (Wildman–Crippen MR) is 97.0 cm³/mol. The van der Waals surface area contributed by atoms with E-state index in [1.165, 1.54) is 0 Å². The standard InChI is InChI=1S/C18H17N7O/c1-12(24-11-19-16-8-3-4-9-17(16)24)18(26)20-14-6-5-7-15(10-14)25-13(2)21-22-23-25/h3-12H,1-2H3,(H,20,26). The average Bonchev–Trinajstić information content (AvgIpc) is 3.27. The van der Waals surface area contributed by atoms with Crippen LogP contribution in [-0.4, -0.2) is 35.7 Å². The molecule has 4 aromatic rings. The van der Waals surface area contributed by atoms with Crippen LogP contribution in [0.2, 0.25) is 0 Å². The van der Waals surface area contributed by atoms with Gasteiger partial charge in [-0.2, -0.15) is 4.68 Å². The lowest BCUT2D eigenvalue weighted by molar-refractivity contribution is -0.118. The summed E-state index contributed by atoms with van der Waals surface area (Å²) in [4.78, 5) is 17.1. The van der Waals surface area contributed by atoms with Crippen molar-refractivity contribution in [2.75, 3.05) is 5.32 Å². The average molecular weight is 347 g/mol. The third-order valence-corrected chi connectivity index (χ3v) is 4.26. The molecule has 2 aromatic carbocycles. The number of aromatic nitrogens is 6. The van der Waals surface area contributed by atoms with Crippen LogP contribution in [0.5, 0.6) is 0 Å². The molecule has 1 unspecified atom stereocenters. The zero-order valence-electron chi connectivity index (χ0n) is 14.4. The third-order valence-electron chi connectivity index (χ3n) is 4.26. The minimum Gasteiger partial charge on any atom is -0.324 e. The predicted octanol–water partition coefficient (Wildman–Crippen LogP) is 2.52. The highest BCUT2D eigenvalue weighted by atomic mass is 16.2. The fourth-order valence-electron chi connectivity index (χ4n) is 2.85. The Hall–Kier alpha value is -3.55. The molecule has 0 aliphatic rings. The van der Waals surface area contributed by atoms with Gasteiger partial charge in [0.25, 0.3) is 0 Å². The van der Waals surface area contributed by atoms with Crippen LogP contribution in [0.3, 0.4) is 0 Å². The first-order chi connectivity index (χ1) is 12.6. The van der Waals surface area contributed by atoms with E-state index in [1.54, 1.807) is 11.0 Å². The first-order valence-corrected chi connectivity index (χ1v) is 8.21. The lowest BCUT2D eigenvalue weighted by Gasteiger charge is -2.15. The molecular weight excluding hydrogens is 330 g/mol. The van der Waals surface area contributed by atoms with E-state index in [0.29, 0.717) is 11.5 Å². The molecule has 0 saturated carbocycles. The van der Waals surface area contributed by atoms with Gasteiger partial charge in [0.15, 0.2) is 5.82 Å². The Morgan fingerprint density at radius 1 is 1.15 bits per heavy atom. The highest BCUT2D eigenvalue weighted by molar-refractivity contribution is 5.94. The van der Waals surface area contributed by atoms with Gasteiger partial charge in [-0.05, 0) is 54.6 Å². The monoisotopic (exact) mass is 347 g/mol. The largest absolute Gasteiger partial charge is 0.324 e. The quantitative estimate of drug-likeness (QED) is 0.612. The van der Waals surface area contributed by atoms with Gasteiger partial charge in [-0.1, -0.05) is 18.2 Å². The number of hydrogen-bond donors (Lipinski definition) is 1. The molecule has 26 heavy (non-hydrogen) atoms. The van der Waals surface area contributed by atoms with E-state index in [-0.39, 0.29) is 5.91 Å². The number of rotatable bonds is 4. The van der Waals surface area contributed by atoms with Crippen molar-refractivity contribution in [2.45, 2.75) is 19.9 Å². The van der Waals surface area contributed by atoms with Gasteiger partial charge in [-0.15, -0.1) is 5.10 Å². The number of carbonyl (C=O) groups excluding carboxylic acids is 1. The minimum atomic E-state index is -0.402. The lowest BCUT2D eigenvalue weighted by Crippen LogP contribution is -2.23. The van der Waals surface area contributed by atoms with Gasteiger partial charge >= 0.3 is 0 Å². The van der Waals surface area contributed by atoms with Crippen molar-refractivity contribution in [1.29, 1.82) is 0 Å². The van der Waals surface area contributed by atoms with Crippen LogP contribution in [0.15, 0.2) is 54.9 Å². The number of nitrogens with zero attached hydrogens (tertiary/aromatic N) is 6. The van der Waals surface area contributed by atoms with Crippen LogP contribution in [-0.2, 0) is 4.79 Å². The van der Waals surface area contributed by atoms with Crippen LogP contribution in [0.4, 0.5) is 5.69 Å². The fraction of sp³-hybridized carbons (Fsp3) is 0.167. The Morgan fingerprint density at radius 2 is 2.00 bits per heavy atom. The van der Waals surface area contributed by atoms with E-state index in [9.17, 15) is 4.79 Å². The number of hydrogen-bond acceptors (Lipinski definition) is 5. The summed E-state index contributed by atoms with van der Waals surface area (Å²) in [5, 5.41) is 14.4. The first-order valence-electron chi connectivity index (χ1n) is 8.21. The molecule has 0 radical (unpaired) electrons. The molecule has 1 amide bonds. The smallest absolute Gasteiger partial charge is 0.247 e. The van der Waals surface area contributed by atoms with E-state index >= 15 is 0 Å². The summed E-state index contributed by atoms with van der Waals surface area (Å²) < 4.78 is 3.47. The highest BCUT2D eigenvalue weighted by Gasteiger charge is 2.17. The van der Waals surface area contributed by atoms with Crippen molar-refractivity contribution in [1.82, 2.24) is 29.8 Å². The maximum atomic E-state index is 12.7. The van der Waals surface area contributed by atoms with Gasteiger partial charge in [-0.3, -0.25) is 4.79 Å². The Kier molecular flexibility index (Phi) is 3.92. The summed E-state index contributed by atoms with van der Waals surface area (Å²) in [6.07, 6.45) is 1.69. The number of benzene rings is 2. The molecule has 0 saturated heterocycles. The van der Waals surface area contributed by atoms with Gasteiger partial charge in [-0.25, -0.2) is 4.98 Å². The van der Waals surface area contributed by atoms with Crippen LogP contribution < -0.4 is 5.32 Å². The van der Waals surface area contributed by atoms with Crippen molar-refractivity contribution < 1.29 is 4.79 Å². The molecule has 8 heteroatoms. The molecule has 2 heterocycles. The number of aryl methyl sites for hydroxylation is 1. The first kappa shape index (κ1) is 15.9. The summed E-state index contributed by atoms with van der Waals surface area (Å²) in [5.74, 6) is 0.547. The Bertz CT molecular complexity index is 1080. The van der Waals surface area contributed by atoms with Crippen molar-refractivity contribution in [3.8, 4) is 5.69 Å². The second-order valence-corrected chi connectivity index (χ2v) is 5.99.